The summed E-state index contributed by atoms with van der Waals surface area (Å²) in [4.78, 5) is 28.2. The molecule has 0 spiro atoms. The summed E-state index contributed by atoms with van der Waals surface area (Å²) in [6.45, 7) is 3.58. The number of halogens is 2. The van der Waals surface area contributed by atoms with Gasteiger partial charge < -0.3 is 10.2 Å². The summed E-state index contributed by atoms with van der Waals surface area (Å²) >= 11 is 12.5. The summed E-state index contributed by atoms with van der Waals surface area (Å²) in [5, 5.41) is 3.61. The second-order valence-corrected chi connectivity index (χ2v) is 11.4. The molecular formula is C28H31Cl2N3O4S. The Morgan fingerprint density at radius 2 is 1.63 bits per heavy atom. The Balaban J connectivity index is 2.00. The van der Waals surface area contributed by atoms with Crippen LogP contribution >= 0.6 is 23.2 Å². The molecule has 0 fully saturated rings. The number of carbonyl (C=O) groups excluding carboxylic acids is 2. The fourth-order valence-corrected chi connectivity index (χ4v) is 5.62. The van der Waals surface area contributed by atoms with Gasteiger partial charge in [0, 0.05) is 23.1 Å². The molecule has 3 aromatic rings. The highest BCUT2D eigenvalue weighted by molar-refractivity contribution is 7.92. The van der Waals surface area contributed by atoms with Gasteiger partial charge in [0.2, 0.25) is 11.8 Å². The molecular weight excluding hydrogens is 545 g/mol. The quantitative estimate of drug-likeness (QED) is 0.288. The number of sulfonamides is 1. The molecule has 0 aliphatic heterocycles. The minimum absolute atomic E-state index is 0.0235. The standard InChI is InChI=1S/C28H31Cl2N3O4S/c1-3-4-17-31-28(35)21(2)32(19-22-11-8-9-16-26(22)30)27(34)20-33(24-13-10-12-23(29)18-24)38(36,37)25-14-6-5-7-15-25/h5-16,18,21H,3-4,17,19-20H2,1-2H3,(H,31,35). The van der Waals surface area contributed by atoms with Crippen molar-refractivity contribution in [2.45, 2.75) is 44.2 Å². The summed E-state index contributed by atoms with van der Waals surface area (Å²) in [6.07, 6.45) is 1.71. The molecule has 3 aromatic carbocycles. The highest BCUT2D eigenvalue weighted by atomic mass is 35.5. The molecule has 0 aliphatic carbocycles. The summed E-state index contributed by atoms with van der Waals surface area (Å²) in [5.74, 6) is -0.901. The molecule has 1 unspecified atom stereocenters. The number of hydrogen-bond acceptors (Lipinski definition) is 4. The predicted octanol–water partition coefficient (Wildman–Crippen LogP) is 5.52. The van der Waals surface area contributed by atoms with E-state index >= 15 is 0 Å². The van der Waals surface area contributed by atoms with Crippen LogP contribution in [0, 0.1) is 0 Å². The van der Waals surface area contributed by atoms with E-state index in [0.717, 1.165) is 17.1 Å². The fourth-order valence-electron chi connectivity index (χ4n) is 3.81. The lowest BCUT2D eigenvalue weighted by molar-refractivity contribution is -0.139. The van der Waals surface area contributed by atoms with Gasteiger partial charge in [-0.1, -0.05) is 79.0 Å². The molecule has 0 saturated carbocycles. The van der Waals surface area contributed by atoms with Crippen LogP contribution in [0.15, 0.2) is 83.8 Å². The number of hydrogen-bond donors (Lipinski definition) is 1. The van der Waals surface area contributed by atoms with E-state index in [4.69, 9.17) is 23.2 Å². The molecule has 0 aromatic heterocycles. The van der Waals surface area contributed by atoms with Crippen molar-refractivity contribution in [1.82, 2.24) is 10.2 Å². The van der Waals surface area contributed by atoms with E-state index < -0.39 is 28.5 Å². The van der Waals surface area contributed by atoms with Crippen molar-refractivity contribution in [3.8, 4) is 0 Å². The molecule has 0 saturated heterocycles. The predicted molar refractivity (Wildman–Crippen MR) is 152 cm³/mol. The van der Waals surface area contributed by atoms with E-state index in [1.54, 1.807) is 67.6 Å². The Hall–Kier alpha value is -3.07. The van der Waals surface area contributed by atoms with Crippen LogP contribution in [0.4, 0.5) is 5.69 Å². The van der Waals surface area contributed by atoms with Crippen LogP contribution in [0.3, 0.4) is 0 Å². The van der Waals surface area contributed by atoms with Crippen LogP contribution in [-0.2, 0) is 26.2 Å². The zero-order chi connectivity index (χ0) is 27.7. The Bertz CT molecular complexity index is 1350. The molecule has 0 heterocycles. The number of benzene rings is 3. The third kappa shape index (κ3) is 7.49. The van der Waals surface area contributed by atoms with Crippen molar-refractivity contribution >= 4 is 50.7 Å². The molecule has 38 heavy (non-hydrogen) atoms. The van der Waals surface area contributed by atoms with E-state index in [9.17, 15) is 18.0 Å². The topological polar surface area (TPSA) is 86.8 Å². The van der Waals surface area contributed by atoms with Gasteiger partial charge in [0.15, 0.2) is 0 Å². The van der Waals surface area contributed by atoms with Crippen molar-refractivity contribution in [2.24, 2.45) is 0 Å². The maximum Gasteiger partial charge on any atom is 0.264 e. The van der Waals surface area contributed by atoms with Gasteiger partial charge in [-0.2, -0.15) is 0 Å². The summed E-state index contributed by atoms with van der Waals surface area (Å²) in [6, 6.07) is 20.3. The first-order valence-corrected chi connectivity index (χ1v) is 14.5. The Labute approximate surface area is 234 Å². The average molecular weight is 577 g/mol. The maximum absolute atomic E-state index is 13.8. The van der Waals surface area contributed by atoms with Gasteiger partial charge in [0.05, 0.1) is 10.6 Å². The summed E-state index contributed by atoms with van der Waals surface area (Å²) in [5.41, 5.74) is 0.864. The minimum Gasteiger partial charge on any atom is -0.354 e. The molecule has 0 radical (unpaired) electrons. The molecule has 7 nitrogen and oxygen atoms in total. The molecule has 2 amide bonds. The SMILES string of the molecule is CCCCNC(=O)C(C)N(Cc1ccccc1Cl)C(=O)CN(c1cccc(Cl)c1)S(=O)(=O)c1ccccc1. The Morgan fingerprint density at radius 3 is 2.29 bits per heavy atom. The molecule has 202 valence electrons. The fraction of sp³-hybridized carbons (Fsp3) is 0.286. The van der Waals surface area contributed by atoms with Crippen molar-refractivity contribution in [2.75, 3.05) is 17.4 Å². The third-order valence-corrected chi connectivity index (χ3v) is 8.39. The monoisotopic (exact) mass is 575 g/mol. The molecule has 0 aliphatic rings. The number of unbranched alkanes of at least 4 members (excludes halogenated alkanes) is 1. The lowest BCUT2D eigenvalue weighted by atomic mass is 10.1. The van der Waals surface area contributed by atoms with E-state index in [-0.39, 0.29) is 23.0 Å². The van der Waals surface area contributed by atoms with Crippen molar-refractivity contribution in [3.63, 3.8) is 0 Å². The van der Waals surface area contributed by atoms with Crippen LogP contribution in [-0.4, -0.2) is 44.3 Å². The van der Waals surface area contributed by atoms with Crippen LogP contribution in [0.5, 0.6) is 0 Å². The molecule has 1 N–H and O–H groups in total. The van der Waals surface area contributed by atoms with Gasteiger partial charge in [-0.3, -0.25) is 13.9 Å². The van der Waals surface area contributed by atoms with Gasteiger partial charge in [-0.25, -0.2) is 8.42 Å². The number of nitrogens with zero attached hydrogens (tertiary/aromatic N) is 2. The molecule has 10 heteroatoms. The van der Waals surface area contributed by atoms with E-state index in [2.05, 4.69) is 5.32 Å². The van der Waals surface area contributed by atoms with Gasteiger partial charge in [-0.15, -0.1) is 0 Å². The van der Waals surface area contributed by atoms with Crippen molar-refractivity contribution in [1.29, 1.82) is 0 Å². The smallest absolute Gasteiger partial charge is 0.264 e. The lowest BCUT2D eigenvalue weighted by Crippen LogP contribution is -2.51. The summed E-state index contributed by atoms with van der Waals surface area (Å²) < 4.78 is 28.4. The zero-order valence-corrected chi connectivity index (χ0v) is 23.6. The first kappa shape index (κ1) is 29.5. The molecule has 1 atom stereocenters. The molecule has 0 bridgehead atoms. The van der Waals surface area contributed by atoms with Crippen LogP contribution < -0.4 is 9.62 Å². The van der Waals surface area contributed by atoms with Gasteiger partial charge in [-0.05, 0) is 55.3 Å². The zero-order valence-electron chi connectivity index (χ0n) is 21.3. The van der Waals surface area contributed by atoms with Crippen molar-refractivity contribution in [3.05, 3.63) is 94.5 Å². The number of amides is 2. The van der Waals surface area contributed by atoms with Crippen LogP contribution in [0.1, 0.15) is 32.3 Å². The van der Waals surface area contributed by atoms with Crippen LogP contribution in [0.2, 0.25) is 10.0 Å². The molecule has 3 rings (SSSR count). The highest BCUT2D eigenvalue weighted by Gasteiger charge is 2.32. The third-order valence-electron chi connectivity index (χ3n) is 6.00. The Kier molecular flexibility index (Phi) is 10.6. The van der Waals surface area contributed by atoms with E-state index in [1.165, 1.54) is 23.1 Å². The highest BCUT2D eigenvalue weighted by Crippen LogP contribution is 2.27. The van der Waals surface area contributed by atoms with Crippen LogP contribution in [0.25, 0.3) is 0 Å². The Morgan fingerprint density at radius 1 is 0.947 bits per heavy atom. The number of rotatable bonds is 12. The number of anilines is 1. The average Bonchev–Trinajstić information content (AvgIpc) is 2.91. The van der Waals surface area contributed by atoms with Crippen molar-refractivity contribution < 1.29 is 18.0 Å². The largest absolute Gasteiger partial charge is 0.354 e. The first-order valence-electron chi connectivity index (χ1n) is 12.3. The number of nitrogens with one attached hydrogen (secondary N) is 1. The first-order chi connectivity index (χ1) is 18.1. The maximum atomic E-state index is 13.8. The normalized spacial score (nSPS) is 12.0. The van der Waals surface area contributed by atoms with Gasteiger partial charge >= 0.3 is 0 Å². The van der Waals surface area contributed by atoms with Gasteiger partial charge in [0.25, 0.3) is 10.0 Å². The van der Waals surface area contributed by atoms with E-state index in [0.29, 0.717) is 22.2 Å². The second-order valence-electron chi connectivity index (χ2n) is 8.74. The number of carbonyl (C=O) groups is 2. The lowest BCUT2D eigenvalue weighted by Gasteiger charge is -2.32. The second kappa shape index (κ2) is 13.6. The minimum atomic E-state index is -4.14. The summed E-state index contributed by atoms with van der Waals surface area (Å²) in [7, 11) is -4.14. The van der Waals surface area contributed by atoms with Gasteiger partial charge in [0.1, 0.15) is 12.6 Å². The van der Waals surface area contributed by atoms with E-state index in [1.807, 2.05) is 6.92 Å².